The van der Waals surface area contributed by atoms with Gasteiger partial charge in [-0.25, -0.2) is 0 Å². The van der Waals surface area contributed by atoms with E-state index in [0.717, 1.165) is 0 Å². The van der Waals surface area contributed by atoms with Crippen LogP contribution < -0.4 is 9.47 Å². The molecule has 0 fully saturated rings. The second-order valence-electron chi connectivity index (χ2n) is 3.37. The van der Waals surface area contributed by atoms with Crippen LogP contribution in [0.25, 0.3) is 0 Å². The summed E-state index contributed by atoms with van der Waals surface area (Å²) in [7, 11) is 1.40. The summed E-state index contributed by atoms with van der Waals surface area (Å²) in [5, 5.41) is 8.93. The van der Waals surface area contributed by atoms with E-state index in [-0.39, 0.29) is 12.4 Å². The molecule has 0 heterocycles. The molecule has 0 aliphatic heterocycles. The average molecular weight is 266 g/mol. The zero-order valence-electron chi connectivity index (χ0n) is 9.66. The molecule has 0 amide bonds. The summed E-state index contributed by atoms with van der Waals surface area (Å²) in [5.74, 6) is 0.564. The van der Waals surface area contributed by atoms with E-state index >= 15 is 0 Å². The van der Waals surface area contributed by atoms with E-state index in [1.165, 1.54) is 13.2 Å². The highest BCUT2D eigenvalue weighted by Gasteiger charge is 2.27. The normalized spacial score (nSPS) is 11.4. The van der Waals surface area contributed by atoms with Crippen LogP contribution in [0, 0.1) is 0 Å². The quantitative estimate of drug-likeness (QED) is 0.632. The molecule has 0 radical (unpaired) electrons. The predicted molar refractivity (Wildman–Crippen MR) is 56.4 cm³/mol. The Morgan fingerprint density at radius 3 is 2.50 bits per heavy atom. The third kappa shape index (κ3) is 4.80. The third-order valence-electron chi connectivity index (χ3n) is 1.97. The largest absolute Gasteiger partial charge is 0.493 e. The highest BCUT2D eigenvalue weighted by atomic mass is 19.4. The highest BCUT2D eigenvalue weighted by molar-refractivity contribution is 5.42. The fraction of sp³-hybridized carbons (Fsp3) is 0.455. The predicted octanol–water partition coefficient (Wildman–Crippen LogP) is 2.10. The van der Waals surface area contributed by atoms with Crippen LogP contribution in [0.3, 0.4) is 0 Å². The van der Waals surface area contributed by atoms with Crippen LogP contribution in [0.1, 0.15) is 5.56 Å². The minimum Gasteiger partial charge on any atom is -0.493 e. The minimum atomic E-state index is -4.39. The Morgan fingerprint density at radius 1 is 1.22 bits per heavy atom. The summed E-state index contributed by atoms with van der Waals surface area (Å²) in [6.07, 6.45) is -4.39. The van der Waals surface area contributed by atoms with E-state index in [2.05, 4.69) is 4.74 Å². The number of methoxy groups -OCH3 is 1. The lowest BCUT2D eigenvalue weighted by atomic mass is 10.2. The van der Waals surface area contributed by atoms with Crippen molar-refractivity contribution in [3.63, 3.8) is 0 Å². The molecule has 0 saturated heterocycles. The van der Waals surface area contributed by atoms with Gasteiger partial charge in [0, 0.05) is 0 Å². The standard InChI is InChI=1S/C11H13F3O4/c1-16-9-3-2-8(5-15)4-10(9)18-7-17-6-11(12,13)14/h2-4,15H,5-7H2,1H3. The van der Waals surface area contributed by atoms with Crippen LogP contribution in [0.2, 0.25) is 0 Å². The van der Waals surface area contributed by atoms with Gasteiger partial charge in [0.05, 0.1) is 13.7 Å². The topological polar surface area (TPSA) is 47.9 Å². The molecule has 102 valence electrons. The Kier molecular flexibility index (Phi) is 5.24. The number of aliphatic hydroxyl groups is 1. The number of alkyl halides is 3. The van der Waals surface area contributed by atoms with E-state index in [4.69, 9.17) is 14.6 Å². The van der Waals surface area contributed by atoms with Crippen molar-refractivity contribution in [1.82, 2.24) is 0 Å². The van der Waals surface area contributed by atoms with Crippen molar-refractivity contribution in [1.29, 1.82) is 0 Å². The van der Waals surface area contributed by atoms with Crippen molar-refractivity contribution < 1.29 is 32.5 Å². The fourth-order valence-electron chi connectivity index (χ4n) is 1.19. The molecule has 0 unspecified atom stereocenters. The fourth-order valence-corrected chi connectivity index (χ4v) is 1.19. The molecule has 4 nitrogen and oxygen atoms in total. The molecule has 0 bridgehead atoms. The second-order valence-corrected chi connectivity index (χ2v) is 3.37. The van der Waals surface area contributed by atoms with E-state index in [1.807, 2.05) is 0 Å². The van der Waals surface area contributed by atoms with Crippen molar-refractivity contribution >= 4 is 0 Å². The summed E-state index contributed by atoms with van der Waals surface area (Å²) in [6, 6.07) is 4.63. The van der Waals surface area contributed by atoms with Gasteiger partial charge in [0.15, 0.2) is 18.3 Å². The molecule has 0 aliphatic carbocycles. The van der Waals surface area contributed by atoms with Crippen LogP contribution in [0.15, 0.2) is 18.2 Å². The van der Waals surface area contributed by atoms with Crippen molar-refractivity contribution in [2.24, 2.45) is 0 Å². The summed E-state index contributed by atoms with van der Waals surface area (Å²) >= 11 is 0. The zero-order chi connectivity index (χ0) is 13.6. The maximum absolute atomic E-state index is 11.8. The molecule has 18 heavy (non-hydrogen) atoms. The number of halogens is 3. The monoisotopic (exact) mass is 266 g/mol. The first kappa shape index (κ1) is 14.6. The maximum atomic E-state index is 11.8. The zero-order valence-corrected chi connectivity index (χ0v) is 9.66. The summed E-state index contributed by atoms with van der Waals surface area (Å²) in [5.41, 5.74) is 0.557. The number of benzene rings is 1. The number of ether oxygens (including phenoxy) is 3. The first-order valence-electron chi connectivity index (χ1n) is 5.01. The first-order chi connectivity index (χ1) is 8.46. The van der Waals surface area contributed by atoms with Gasteiger partial charge >= 0.3 is 6.18 Å². The summed E-state index contributed by atoms with van der Waals surface area (Å²) in [4.78, 5) is 0. The van der Waals surface area contributed by atoms with E-state index in [1.54, 1.807) is 12.1 Å². The lowest BCUT2D eigenvalue weighted by Gasteiger charge is -2.12. The number of hydrogen-bond donors (Lipinski definition) is 1. The van der Waals surface area contributed by atoms with Crippen LogP contribution in [0.4, 0.5) is 13.2 Å². The van der Waals surface area contributed by atoms with E-state index < -0.39 is 19.6 Å². The first-order valence-corrected chi connectivity index (χ1v) is 5.01. The van der Waals surface area contributed by atoms with Gasteiger partial charge in [0.25, 0.3) is 0 Å². The Bertz CT molecular complexity index is 379. The van der Waals surface area contributed by atoms with Crippen LogP contribution in [0.5, 0.6) is 11.5 Å². The SMILES string of the molecule is COc1ccc(CO)cc1OCOCC(F)(F)F. The van der Waals surface area contributed by atoms with Gasteiger partial charge in [-0.2, -0.15) is 13.2 Å². The van der Waals surface area contributed by atoms with Gasteiger partial charge in [0.2, 0.25) is 0 Å². The number of hydrogen-bond acceptors (Lipinski definition) is 4. The van der Waals surface area contributed by atoms with Gasteiger partial charge in [-0.05, 0) is 17.7 Å². The Hall–Kier alpha value is -1.47. The van der Waals surface area contributed by atoms with Crippen LogP contribution in [-0.2, 0) is 11.3 Å². The molecule has 1 rings (SSSR count). The summed E-state index contributed by atoms with van der Waals surface area (Å²) < 4.78 is 49.7. The number of aliphatic hydroxyl groups excluding tert-OH is 1. The van der Waals surface area contributed by atoms with Gasteiger partial charge in [-0.15, -0.1) is 0 Å². The smallest absolute Gasteiger partial charge is 0.411 e. The Morgan fingerprint density at radius 2 is 1.94 bits per heavy atom. The highest BCUT2D eigenvalue weighted by Crippen LogP contribution is 2.28. The number of rotatable bonds is 6. The van der Waals surface area contributed by atoms with E-state index in [9.17, 15) is 13.2 Å². The molecule has 0 aliphatic rings. The molecule has 1 aromatic rings. The maximum Gasteiger partial charge on any atom is 0.411 e. The molecule has 1 aromatic carbocycles. The van der Waals surface area contributed by atoms with Gasteiger partial charge in [0.1, 0.15) is 6.61 Å². The van der Waals surface area contributed by atoms with E-state index in [0.29, 0.717) is 11.3 Å². The van der Waals surface area contributed by atoms with Gasteiger partial charge in [-0.1, -0.05) is 6.07 Å². The van der Waals surface area contributed by atoms with Gasteiger partial charge < -0.3 is 19.3 Å². The van der Waals surface area contributed by atoms with Crippen molar-refractivity contribution in [3.05, 3.63) is 23.8 Å². The molecule has 0 spiro atoms. The molecule has 0 atom stereocenters. The second kappa shape index (κ2) is 6.46. The summed E-state index contributed by atoms with van der Waals surface area (Å²) in [6.45, 7) is -2.14. The average Bonchev–Trinajstić information content (AvgIpc) is 2.33. The molecule has 7 heteroatoms. The molecule has 0 aromatic heterocycles. The van der Waals surface area contributed by atoms with Crippen molar-refractivity contribution in [3.8, 4) is 11.5 Å². The lowest BCUT2D eigenvalue weighted by molar-refractivity contribution is -0.186. The van der Waals surface area contributed by atoms with Crippen LogP contribution in [-0.4, -0.2) is 31.8 Å². The third-order valence-corrected chi connectivity index (χ3v) is 1.97. The van der Waals surface area contributed by atoms with Gasteiger partial charge in [-0.3, -0.25) is 0 Å². The minimum absolute atomic E-state index is 0.205. The molecular formula is C11H13F3O4. The van der Waals surface area contributed by atoms with Crippen LogP contribution >= 0.6 is 0 Å². The molecular weight excluding hydrogens is 253 g/mol. The lowest BCUT2D eigenvalue weighted by Crippen LogP contribution is -2.19. The van der Waals surface area contributed by atoms with Crippen molar-refractivity contribution in [2.45, 2.75) is 12.8 Å². The Labute approximate surface area is 102 Å². The Balaban J connectivity index is 2.54. The molecule has 0 saturated carbocycles. The van der Waals surface area contributed by atoms with Crippen molar-refractivity contribution in [2.75, 3.05) is 20.5 Å². The molecule has 1 N–H and O–H groups in total.